The first kappa shape index (κ1) is 14.9. The van der Waals surface area contributed by atoms with Gasteiger partial charge in [0, 0.05) is 17.4 Å². The summed E-state index contributed by atoms with van der Waals surface area (Å²) in [6.07, 6.45) is 1.49. The zero-order valence-electron chi connectivity index (χ0n) is 12.6. The van der Waals surface area contributed by atoms with Crippen molar-refractivity contribution in [1.29, 1.82) is 0 Å². The van der Waals surface area contributed by atoms with Crippen LogP contribution < -0.4 is 5.32 Å². The third kappa shape index (κ3) is 3.61. The fraction of sp³-hybridized carbons (Fsp3) is 0.0526. The lowest BCUT2D eigenvalue weighted by atomic mass is 10.1. The molecule has 0 saturated carbocycles. The van der Waals surface area contributed by atoms with Gasteiger partial charge in [-0.05, 0) is 43.3 Å². The number of aromatic nitrogens is 1. The molecule has 3 rings (SSSR count). The maximum atomic E-state index is 13.2. The van der Waals surface area contributed by atoms with Crippen molar-refractivity contribution >= 4 is 11.6 Å². The molecule has 3 aromatic rings. The number of nitrogens with one attached hydrogen (secondary N) is 1. The average molecular weight is 306 g/mol. The zero-order chi connectivity index (χ0) is 16.2. The van der Waals surface area contributed by atoms with Crippen molar-refractivity contribution in [1.82, 2.24) is 4.98 Å². The van der Waals surface area contributed by atoms with Crippen LogP contribution in [0.1, 0.15) is 15.9 Å². The molecule has 114 valence electrons. The summed E-state index contributed by atoms with van der Waals surface area (Å²) < 4.78 is 13.2. The summed E-state index contributed by atoms with van der Waals surface area (Å²) >= 11 is 0. The minimum atomic E-state index is -0.314. The summed E-state index contributed by atoms with van der Waals surface area (Å²) in [5.41, 5.74) is 3.61. The van der Waals surface area contributed by atoms with E-state index in [0.717, 1.165) is 11.3 Å². The second kappa shape index (κ2) is 6.40. The van der Waals surface area contributed by atoms with E-state index in [1.54, 1.807) is 24.3 Å². The first-order chi connectivity index (χ1) is 11.1. The van der Waals surface area contributed by atoms with Crippen LogP contribution in [0.2, 0.25) is 0 Å². The van der Waals surface area contributed by atoms with Crippen molar-refractivity contribution in [3.63, 3.8) is 0 Å². The lowest BCUT2D eigenvalue weighted by Crippen LogP contribution is -2.12. The number of halogens is 1. The van der Waals surface area contributed by atoms with Gasteiger partial charge in [0.15, 0.2) is 0 Å². The first-order valence-electron chi connectivity index (χ1n) is 7.22. The van der Waals surface area contributed by atoms with Crippen LogP contribution >= 0.6 is 0 Å². The van der Waals surface area contributed by atoms with E-state index < -0.39 is 0 Å². The molecule has 3 nitrogen and oxygen atoms in total. The highest BCUT2D eigenvalue weighted by Crippen LogP contribution is 2.18. The molecular weight excluding hydrogens is 291 g/mol. The Morgan fingerprint density at radius 1 is 1.04 bits per heavy atom. The van der Waals surface area contributed by atoms with Crippen molar-refractivity contribution in [3.05, 3.63) is 83.8 Å². The van der Waals surface area contributed by atoms with Gasteiger partial charge in [-0.3, -0.25) is 9.78 Å². The molecule has 1 amide bonds. The van der Waals surface area contributed by atoms with Crippen LogP contribution in [-0.2, 0) is 0 Å². The molecule has 4 heteroatoms. The molecule has 0 saturated heterocycles. The Labute approximate surface area is 133 Å². The van der Waals surface area contributed by atoms with E-state index in [9.17, 15) is 9.18 Å². The molecule has 0 atom stereocenters. The number of rotatable bonds is 3. The van der Waals surface area contributed by atoms with Gasteiger partial charge in [-0.1, -0.05) is 29.8 Å². The van der Waals surface area contributed by atoms with E-state index >= 15 is 0 Å². The monoisotopic (exact) mass is 306 g/mol. The molecular formula is C19H15FN2O. The van der Waals surface area contributed by atoms with Gasteiger partial charge < -0.3 is 5.32 Å². The summed E-state index contributed by atoms with van der Waals surface area (Å²) in [7, 11) is 0. The average Bonchev–Trinajstić information content (AvgIpc) is 2.57. The SMILES string of the molecule is Cc1ccc(NC(=O)c2ccc(-c3cccc(F)c3)nc2)cc1. The largest absolute Gasteiger partial charge is 0.322 e. The van der Waals surface area contributed by atoms with Crippen LogP contribution in [0.3, 0.4) is 0 Å². The van der Waals surface area contributed by atoms with E-state index in [-0.39, 0.29) is 11.7 Å². The number of aryl methyl sites for hydroxylation is 1. The lowest BCUT2D eigenvalue weighted by Gasteiger charge is -2.06. The number of carbonyl (C=O) groups is 1. The topological polar surface area (TPSA) is 42.0 Å². The van der Waals surface area contributed by atoms with Crippen LogP contribution in [-0.4, -0.2) is 10.9 Å². The fourth-order valence-corrected chi connectivity index (χ4v) is 2.19. The van der Waals surface area contributed by atoms with Gasteiger partial charge in [-0.2, -0.15) is 0 Å². The number of carbonyl (C=O) groups excluding carboxylic acids is 1. The minimum Gasteiger partial charge on any atom is -0.322 e. The molecule has 0 spiro atoms. The number of hydrogen-bond donors (Lipinski definition) is 1. The van der Waals surface area contributed by atoms with Crippen molar-refractivity contribution in [2.45, 2.75) is 6.92 Å². The molecule has 0 aliphatic heterocycles. The fourth-order valence-electron chi connectivity index (χ4n) is 2.19. The molecule has 1 heterocycles. The molecule has 1 N–H and O–H groups in total. The van der Waals surface area contributed by atoms with E-state index in [2.05, 4.69) is 10.3 Å². The van der Waals surface area contributed by atoms with Crippen molar-refractivity contribution in [3.8, 4) is 11.3 Å². The Balaban J connectivity index is 1.76. The molecule has 0 bridgehead atoms. The molecule has 0 aliphatic rings. The molecule has 0 radical (unpaired) electrons. The van der Waals surface area contributed by atoms with Gasteiger partial charge in [-0.15, -0.1) is 0 Å². The molecule has 0 aliphatic carbocycles. The Bertz CT molecular complexity index is 827. The molecule has 0 fully saturated rings. The van der Waals surface area contributed by atoms with E-state index in [0.29, 0.717) is 16.8 Å². The van der Waals surface area contributed by atoms with Crippen molar-refractivity contribution in [2.75, 3.05) is 5.32 Å². The summed E-state index contributed by atoms with van der Waals surface area (Å²) in [6.45, 7) is 1.99. The first-order valence-corrected chi connectivity index (χ1v) is 7.22. The van der Waals surface area contributed by atoms with Crippen LogP contribution in [0.25, 0.3) is 11.3 Å². The highest BCUT2D eigenvalue weighted by Gasteiger charge is 2.08. The Kier molecular flexibility index (Phi) is 4.15. The van der Waals surface area contributed by atoms with E-state index in [4.69, 9.17) is 0 Å². The van der Waals surface area contributed by atoms with Gasteiger partial charge in [0.2, 0.25) is 0 Å². The zero-order valence-corrected chi connectivity index (χ0v) is 12.6. The maximum absolute atomic E-state index is 13.2. The maximum Gasteiger partial charge on any atom is 0.257 e. The smallest absolute Gasteiger partial charge is 0.257 e. The number of hydrogen-bond acceptors (Lipinski definition) is 2. The van der Waals surface area contributed by atoms with Crippen LogP contribution in [0.15, 0.2) is 66.9 Å². The number of amides is 1. The Morgan fingerprint density at radius 2 is 1.83 bits per heavy atom. The third-order valence-electron chi connectivity index (χ3n) is 3.46. The predicted octanol–water partition coefficient (Wildman–Crippen LogP) is 4.45. The van der Waals surface area contributed by atoms with Gasteiger partial charge in [-0.25, -0.2) is 4.39 Å². The second-order valence-electron chi connectivity index (χ2n) is 5.26. The minimum absolute atomic E-state index is 0.229. The van der Waals surface area contributed by atoms with Crippen molar-refractivity contribution < 1.29 is 9.18 Å². The molecule has 2 aromatic carbocycles. The van der Waals surface area contributed by atoms with Gasteiger partial charge in [0.1, 0.15) is 5.82 Å². The van der Waals surface area contributed by atoms with Gasteiger partial charge in [0.25, 0.3) is 5.91 Å². The highest BCUT2D eigenvalue weighted by molar-refractivity contribution is 6.04. The third-order valence-corrected chi connectivity index (χ3v) is 3.46. The van der Waals surface area contributed by atoms with Crippen LogP contribution in [0.4, 0.5) is 10.1 Å². The van der Waals surface area contributed by atoms with Crippen LogP contribution in [0.5, 0.6) is 0 Å². The normalized spacial score (nSPS) is 10.3. The highest BCUT2D eigenvalue weighted by atomic mass is 19.1. The Morgan fingerprint density at radius 3 is 2.48 bits per heavy atom. The van der Waals surface area contributed by atoms with Gasteiger partial charge in [0.05, 0.1) is 11.3 Å². The summed E-state index contributed by atoms with van der Waals surface area (Å²) in [5.74, 6) is -0.544. The van der Waals surface area contributed by atoms with Crippen molar-refractivity contribution in [2.24, 2.45) is 0 Å². The summed E-state index contributed by atoms with van der Waals surface area (Å²) in [6, 6.07) is 17.1. The number of anilines is 1. The molecule has 0 unspecified atom stereocenters. The number of pyridine rings is 1. The Hall–Kier alpha value is -3.01. The van der Waals surface area contributed by atoms with E-state index in [1.807, 2.05) is 31.2 Å². The van der Waals surface area contributed by atoms with Gasteiger partial charge >= 0.3 is 0 Å². The summed E-state index contributed by atoms with van der Waals surface area (Å²) in [4.78, 5) is 16.4. The standard InChI is InChI=1S/C19H15FN2O/c1-13-5-8-17(9-6-13)22-19(23)15-7-10-18(21-12-15)14-3-2-4-16(20)11-14/h2-12H,1H3,(H,22,23). The molecule has 23 heavy (non-hydrogen) atoms. The summed E-state index contributed by atoms with van der Waals surface area (Å²) in [5, 5.41) is 2.81. The lowest BCUT2D eigenvalue weighted by molar-refractivity contribution is 0.102. The number of nitrogens with zero attached hydrogens (tertiary/aromatic N) is 1. The molecule has 1 aromatic heterocycles. The number of benzene rings is 2. The quantitative estimate of drug-likeness (QED) is 0.777. The second-order valence-corrected chi connectivity index (χ2v) is 5.26. The van der Waals surface area contributed by atoms with E-state index in [1.165, 1.54) is 18.3 Å². The van der Waals surface area contributed by atoms with Crippen LogP contribution in [0, 0.1) is 12.7 Å². The predicted molar refractivity (Wildman–Crippen MR) is 88.8 cm³/mol.